The molecule has 1 aliphatic carbocycles. The average Bonchev–Trinajstić information content (AvgIpc) is 3.17. The van der Waals surface area contributed by atoms with Gasteiger partial charge in [0.1, 0.15) is 6.04 Å². The van der Waals surface area contributed by atoms with Crippen LogP contribution >= 0.6 is 11.8 Å². The summed E-state index contributed by atoms with van der Waals surface area (Å²) >= 11 is 1.55. The molecule has 26 heavy (non-hydrogen) atoms. The van der Waals surface area contributed by atoms with Crippen LogP contribution in [-0.4, -0.2) is 52.9 Å². The fourth-order valence-electron chi connectivity index (χ4n) is 3.42. The number of nitrogens with zero attached hydrogens (tertiary/aromatic N) is 1. The third kappa shape index (κ3) is 4.78. The molecule has 0 bridgehead atoms. The molecule has 1 heterocycles. The largest absolute Gasteiger partial charge is 0.352 e. The first kappa shape index (κ1) is 18.8. The summed E-state index contributed by atoms with van der Waals surface area (Å²) in [7, 11) is 0. The lowest BCUT2D eigenvalue weighted by atomic mass is 9.95. The highest BCUT2D eigenvalue weighted by atomic mass is 32.2. The van der Waals surface area contributed by atoms with Crippen molar-refractivity contribution in [3.05, 3.63) is 35.9 Å². The van der Waals surface area contributed by atoms with Crippen LogP contribution in [0, 0.1) is 0 Å². The van der Waals surface area contributed by atoms with Gasteiger partial charge in [-0.2, -0.15) is 0 Å². The van der Waals surface area contributed by atoms with Crippen LogP contribution < -0.4 is 10.6 Å². The van der Waals surface area contributed by atoms with E-state index in [1.165, 1.54) is 6.42 Å². The van der Waals surface area contributed by atoms with Crippen LogP contribution in [-0.2, 0) is 9.59 Å². The van der Waals surface area contributed by atoms with E-state index < -0.39 is 6.04 Å². The van der Waals surface area contributed by atoms with Gasteiger partial charge in [-0.25, -0.2) is 0 Å². The highest BCUT2D eigenvalue weighted by Gasteiger charge is 2.35. The molecule has 140 valence electrons. The summed E-state index contributed by atoms with van der Waals surface area (Å²) in [6, 6.07) is 8.66. The predicted octanol–water partition coefficient (Wildman–Crippen LogP) is 1.77. The van der Waals surface area contributed by atoms with Crippen LogP contribution in [0.5, 0.6) is 0 Å². The molecule has 2 fully saturated rings. The Bertz CT molecular complexity index is 647. The molecule has 0 spiro atoms. The lowest BCUT2D eigenvalue weighted by molar-refractivity contribution is -0.128. The summed E-state index contributed by atoms with van der Waals surface area (Å²) in [6.07, 6.45) is 5.55. The molecular weight excluding hydrogens is 350 g/mol. The summed E-state index contributed by atoms with van der Waals surface area (Å²) in [4.78, 5) is 38.7. The summed E-state index contributed by atoms with van der Waals surface area (Å²) < 4.78 is 0. The van der Waals surface area contributed by atoms with Gasteiger partial charge in [0, 0.05) is 17.4 Å². The van der Waals surface area contributed by atoms with Gasteiger partial charge in [0.05, 0.1) is 12.4 Å². The minimum absolute atomic E-state index is 0.0378. The van der Waals surface area contributed by atoms with Gasteiger partial charge in [0.2, 0.25) is 11.8 Å². The van der Waals surface area contributed by atoms with Gasteiger partial charge in [-0.15, -0.1) is 11.8 Å². The van der Waals surface area contributed by atoms with E-state index in [1.807, 2.05) is 6.07 Å². The monoisotopic (exact) mass is 375 g/mol. The van der Waals surface area contributed by atoms with E-state index in [2.05, 4.69) is 10.6 Å². The smallest absolute Gasteiger partial charge is 0.255 e. The molecule has 7 heteroatoms. The Morgan fingerprint density at radius 3 is 2.54 bits per heavy atom. The number of hydrogen-bond donors (Lipinski definition) is 2. The Morgan fingerprint density at radius 1 is 1.08 bits per heavy atom. The zero-order valence-corrected chi connectivity index (χ0v) is 15.6. The highest BCUT2D eigenvalue weighted by Crippen LogP contribution is 2.23. The van der Waals surface area contributed by atoms with Crippen LogP contribution in [0.4, 0.5) is 0 Å². The van der Waals surface area contributed by atoms with Crippen LogP contribution in [0.1, 0.15) is 42.5 Å². The van der Waals surface area contributed by atoms with E-state index >= 15 is 0 Å². The van der Waals surface area contributed by atoms with Crippen LogP contribution in [0.3, 0.4) is 0 Å². The normalized spacial score (nSPS) is 20.6. The van der Waals surface area contributed by atoms with Gasteiger partial charge < -0.3 is 15.5 Å². The summed E-state index contributed by atoms with van der Waals surface area (Å²) in [5.74, 6) is 0.465. The maximum atomic E-state index is 12.6. The molecule has 0 aromatic heterocycles. The zero-order valence-electron chi connectivity index (χ0n) is 14.8. The first-order chi connectivity index (χ1) is 12.6. The number of rotatable bonds is 5. The van der Waals surface area contributed by atoms with Gasteiger partial charge in [0.25, 0.3) is 5.91 Å². The Labute approximate surface area is 158 Å². The van der Waals surface area contributed by atoms with Gasteiger partial charge in [-0.1, -0.05) is 37.5 Å². The maximum Gasteiger partial charge on any atom is 0.255 e. The predicted molar refractivity (Wildman–Crippen MR) is 102 cm³/mol. The van der Waals surface area contributed by atoms with Crippen molar-refractivity contribution in [2.24, 2.45) is 0 Å². The Balaban J connectivity index is 1.50. The van der Waals surface area contributed by atoms with Crippen LogP contribution in [0.15, 0.2) is 30.3 Å². The first-order valence-electron chi connectivity index (χ1n) is 9.16. The SMILES string of the molecule is O=C(CNC(=O)[C@H]1CSCN1C(=O)c1ccccc1)NC1CCCCC1. The zero-order chi connectivity index (χ0) is 18.4. The maximum absolute atomic E-state index is 12.6. The van der Waals surface area contributed by atoms with E-state index in [-0.39, 0.29) is 30.3 Å². The lowest BCUT2D eigenvalue weighted by Gasteiger charge is -2.24. The van der Waals surface area contributed by atoms with E-state index in [0.717, 1.165) is 25.7 Å². The molecule has 1 atom stereocenters. The molecular formula is C19H25N3O3S. The molecule has 1 aromatic rings. The van der Waals surface area contributed by atoms with Gasteiger partial charge in [-0.05, 0) is 25.0 Å². The van der Waals surface area contributed by atoms with Crippen molar-refractivity contribution in [2.45, 2.75) is 44.2 Å². The number of carbonyl (C=O) groups is 3. The van der Waals surface area contributed by atoms with Crippen molar-refractivity contribution >= 4 is 29.5 Å². The quantitative estimate of drug-likeness (QED) is 0.822. The third-order valence-corrected chi connectivity index (χ3v) is 5.87. The Kier molecular flexibility index (Phi) is 6.55. The second kappa shape index (κ2) is 9.07. The topological polar surface area (TPSA) is 78.5 Å². The molecule has 1 aliphatic heterocycles. The standard InChI is InChI=1S/C19H25N3O3S/c23-17(21-15-9-5-2-6-10-15)11-20-18(24)16-12-26-13-22(16)19(25)14-7-3-1-4-8-14/h1,3-4,7-8,15-16H,2,5-6,9-13H2,(H,20,24)(H,21,23)/t16-/m1/s1. The molecule has 1 saturated carbocycles. The number of nitrogens with one attached hydrogen (secondary N) is 2. The molecule has 0 radical (unpaired) electrons. The second-order valence-electron chi connectivity index (χ2n) is 6.78. The lowest BCUT2D eigenvalue weighted by Crippen LogP contribution is -2.50. The van der Waals surface area contributed by atoms with Crippen molar-refractivity contribution in [3.8, 4) is 0 Å². The molecule has 3 rings (SSSR count). The number of amides is 3. The van der Waals surface area contributed by atoms with E-state index in [1.54, 1.807) is 40.9 Å². The minimum Gasteiger partial charge on any atom is -0.352 e. The summed E-state index contributed by atoms with van der Waals surface area (Å²) in [6.45, 7) is -0.0378. The van der Waals surface area contributed by atoms with Gasteiger partial charge in [0.15, 0.2) is 0 Å². The van der Waals surface area contributed by atoms with Crippen molar-refractivity contribution in [1.82, 2.24) is 15.5 Å². The van der Waals surface area contributed by atoms with Gasteiger partial charge in [-0.3, -0.25) is 14.4 Å². The molecule has 2 N–H and O–H groups in total. The van der Waals surface area contributed by atoms with E-state index in [9.17, 15) is 14.4 Å². The fourth-order valence-corrected chi connectivity index (χ4v) is 4.57. The molecule has 1 saturated heterocycles. The van der Waals surface area contributed by atoms with E-state index in [4.69, 9.17) is 0 Å². The minimum atomic E-state index is -0.532. The van der Waals surface area contributed by atoms with Crippen molar-refractivity contribution in [2.75, 3.05) is 18.2 Å². The van der Waals surface area contributed by atoms with Crippen molar-refractivity contribution < 1.29 is 14.4 Å². The summed E-state index contributed by atoms with van der Waals surface area (Å²) in [5.41, 5.74) is 0.572. The Hall–Kier alpha value is -2.02. The van der Waals surface area contributed by atoms with Crippen LogP contribution in [0.25, 0.3) is 0 Å². The number of carbonyl (C=O) groups excluding carboxylic acids is 3. The first-order valence-corrected chi connectivity index (χ1v) is 10.3. The van der Waals surface area contributed by atoms with Crippen molar-refractivity contribution in [1.29, 1.82) is 0 Å². The Morgan fingerprint density at radius 2 is 1.81 bits per heavy atom. The number of benzene rings is 1. The average molecular weight is 375 g/mol. The van der Waals surface area contributed by atoms with E-state index in [0.29, 0.717) is 17.2 Å². The summed E-state index contributed by atoms with van der Waals surface area (Å²) in [5, 5.41) is 5.68. The van der Waals surface area contributed by atoms with Gasteiger partial charge >= 0.3 is 0 Å². The molecule has 2 aliphatic rings. The molecule has 1 aromatic carbocycles. The van der Waals surface area contributed by atoms with Crippen molar-refractivity contribution in [3.63, 3.8) is 0 Å². The highest BCUT2D eigenvalue weighted by molar-refractivity contribution is 7.99. The van der Waals surface area contributed by atoms with Crippen LogP contribution in [0.2, 0.25) is 0 Å². The third-order valence-electron chi connectivity index (χ3n) is 4.86. The number of hydrogen-bond acceptors (Lipinski definition) is 4. The molecule has 6 nitrogen and oxygen atoms in total. The molecule has 0 unspecified atom stereocenters. The fraction of sp³-hybridized carbons (Fsp3) is 0.526. The molecule has 3 amide bonds. The second-order valence-corrected chi connectivity index (χ2v) is 7.78. The number of thioether (sulfide) groups is 1.